The summed E-state index contributed by atoms with van der Waals surface area (Å²) in [5.41, 5.74) is 0.777. The van der Waals surface area contributed by atoms with Crippen molar-refractivity contribution in [2.45, 2.75) is 40.2 Å². The molecule has 0 unspecified atom stereocenters. The van der Waals surface area contributed by atoms with E-state index in [1.54, 1.807) is 6.08 Å². The van der Waals surface area contributed by atoms with Gasteiger partial charge in [-0.3, -0.25) is 19.3 Å². The summed E-state index contributed by atoms with van der Waals surface area (Å²) < 4.78 is 10.8. The van der Waals surface area contributed by atoms with Gasteiger partial charge in [-0.25, -0.2) is 0 Å². The van der Waals surface area contributed by atoms with Gasteiger partial charge >= 0.3 is 5.97 Å². The highest BCUT2D eigenvalue weighted by Gasteiger charge is 2.36. The number of hydrogen-bond acceptors (Lipinski definition) is 6. The molecule has 27 heavy (non-hydrogen) atoms. The van der Waals surface area contributed by atoms with E-state index < -0.39 is 17.1 Å². The number of amides is 2. The van der Waals surface area contributed by atoms with Gasteiger partial charge in [-0.05, 0) is 54.8 Å². The average molecular weight is 391 g/mol. The Hall–Kier alpha value is -2.28. The molecule has 0 saturated carbocycles. The Labute approximate surface area is 163 Å². The summed E-state index contributed by atoms with van der Waals surface area (Å²) in [6.07, 6.45) is 2.68. The van der Waals surface area contributed by atoms with Crippen molar-refractivity contribution in [3.05, 3.63) is 34.7 Å². The Morgan fingerprint density at radius 1 is 1.19 bits per heavy atom. The Balaban J connectivity index is 2.01. The maximum absolute atomic E-state index is 12.4. The molecule has 146 valence electrons. The van der Waals surface area contributed by atoms with Gasteiger partial charge in [-0.15, -0.1) is 0 Å². The second-order valence-electron chi connectivity index (χ2n) is 6.75. The van der Waals surface area contributed by atoms with Crippen LogP contribution < -0.4 is 4.74 Å². The van der Waals surface area contributed by atoms with E-state index in [1.165, 1.54) is 0 Å². The van der Waals surface area contributed by atoms with E-state index in [4.69, 9.17) is 9.47 Å². The molecular weight excluding hydrogens is 366 g/mol. The molecule has 1 fully saturated rings. The summed E-state index contributed by atoms with van der Waals surface area (Å²) in [5.74, 6) is -0.122. The van der Waals surface area contributed by atoms with Crippen LogP contribution in [-0.4, -0.2) is 41.3 Å². The molecule has 0 radical (unpaired) electrons. The van der Waals surface area contributed by atoms with Crippen LogP contribution in [0, 0.1) is 5.92 Å². The van der Waals surface area contributed by atoms with Crippen molar-refractivity contribution in [3.8, 4) is 5.75 Å². The zero-order valence-electron chi connectivity index (χ0n) is 16.1. The van der Waals surface area contributed by atoms with Gasteiger partial charge in [0.25, 0.3) is 11.1 Å². The first-order chi connectivity index (χ1) is 12.8. The third kappa shape index (κ3) is 6.13. The van der Waals surface area contributed by atoms with E-state index in [-0.39, 0.29) is 30.1 Å². The normalized spacial score (nSPS) is 16.9. The Morgan fingerprint density at radius 3 is 2.44 bits per heavy atom. The summed E-state index contributed by atoms with van der Waals surface area (Å²) in [4.78, 5) is 37.5. The van der Waals surface area contributed by atoms with Crippen molar-refractivity contribution >= 4 is 35.0 Å². The van der Waals surface area contributed by atoms with Crippen LogP contribution in [0.15, 0.2) is 29.2 Å². The van der Waals surface area contributed by atoms with Crippen LogP contribution in [0.3, 0.4) is 0 Å². The van der Waals surface area contributed by atoms with Crippen molar-refractivity contribution in [3.63, 3.8) is 0 Å². The number of carbonyl (C=O) groups excluding carboxylic acids is 3. The molecule has 1 atom stereocenters. The van der Waals surface area contributed by atoms with E-state index in [0.29, 0.717) is 0 Å². The molecule has 1 aromatic carbocycles. The first-order valence-corrected chi connectivity index (χ1v) is 9.79. The van der Waals surface area contributed by atoms with Crippen LogP contribution in [0.2, 0.25) is 0 Å². The molecule has 6 nitrogen and oxygen atoms in total. The number of hydrogen-bond donors (Lipinski definition) is 0. The number of imide groups is 1. The number of nitrogens with zero attached hydrogens (tertiary/aromatic N) is 1. The lowest BCUT2D eigenvalue weighted by Crippen LogP contribution is -2.34. The first kappa shape index (κ1) is 21.0. The Morgan fingerprint density at radius 2 is 1.85 bits per heavy atom. The predicted molar refractivity (Wildman–Crippen MR) is 105 cm³/mol. The minimum absolute atomic E-state index is 0.128. The molecule has 2 rings (SSSR count). The summed E-state index contributed by atoms with van der Waals surface area (Å²) >= 11 is 0.821. The first-order valence-electron chi connectivity index (χ1n) is 8.97. The average Bonchev–Trinajstić information content (AvgIpc) is 2.89. The quantitative estimate of drug-likeness (QED) is 0.491. The number of esters is 1. The van der Waals surface area contributed by atoms with Crippen LogP contribution in [-0.2, 0) is 14.3 Å². The van der Waals surface area contributed by atoms with Crippen molar-refractivity contribution in [1.29, 1.82) is 0 Å². The smallest absolute Gasteiger partial charge is 0.326 e. The highest BCUT2D eigenvalue weighted by atomic mass is 32.2. The Kier molecular flexibility index (Phi) is 7.47. The van der Waals surface area contributed by atoms with Crippen molar-refractivity contribution in [2.75, 3.05) is 13.2 Å². The van der Waals surface area contributed by atoms with E-state index in [1.807, 2.05) is 52.0 Å². The van der Waals surface area contributed by atoms with Gasteiger partial charge in [0.2, 0.25) is 0 Å². The molecule has 0 spiro atoms. The molecule has 1 aliphatic rings. The van der Waals surface area contributed by atoms with Gasteiger partial charge in [0.15, 0.2) is 0 Å². The number of ether oxygens (including phenoxy) is 2. The standard InChI is InChI=1S/C20H25NO5S/c1-5-14(4)26-16-8-6-15(7-9-16)10-17-19(23)21(20(24)27-17)11-18(22)25-12-13(2)3/h6-10,13-14H,5,11-12H2,1-4H3/b17-10-/t14-/m1/s1. The largest absolute Gasteiger partial charge is 0.491 e. The molecule has 1 aliphatic heterocycles. The van der Waals surface area contributed by atoms with Crippen molar-refractivity contribution in [1.82, 2.24) is 4.90 Å². The minimum atomic E-state index is -0.584. The van der Waals surface area contributed by atoms with E-state index in [9.17, 15) is 14.4 Å². The van der Waals surface area contributed by atoms with Gasteiger partial charge in [-0.2, -0.15) is 0 Å². The SMILES string of the molecule is CC[C@@H](C)Oc1ccc(/C=C2\SC(=O)N(CC(=O)OCC(C)C)C2=O)cc1. The molecule has 1 heterocycles. The topological polar surface area (TPSA) is 72.9 Å². The van der Waals surface area contributed by atoms with Gasteiger partial charge in [-0.1, -0.05) is 32.9 Å². The van der Waals surface area contributed by atoms with E-state index in [0.717, 1.165) is 34.4 Å². The van der Waals surface area contributed by atoms with Crippen LogP contribution in [0.5, 0.6) is 5.75 Å². The lowest BCUT2D eigenvalue weighted by molar-refractivity contribution is -0.147. The maximum atomic E-state index is 12.4. The zero-order valence-corrected chi connectivity index (χ0v) is 16.9. The van der Waals surface area contributed by atoms with Crippen LogP contribution >= 0.6 is 11.8 Å². The molecule has 0 aliphatic carbocycles. The van der Waals surface area contributed by atoms with Crippen LogP contribution in [0.25, 0.3) is 6.08 Å². The summed E-state index contributed by atoms with van der Waals surface area (Å²) in [7, 11) is 0. The van der Waals surface area contributed by atoms with E-state index in [2.05, 4.69) is 0 Å². The fourth-order valence-electron chi connectivity index (χ4n) is 2.18. The number of carbonyl (C=O) groups is 3. The van der Waals surface area contributed by atoms with Gasteiger partial charge < -0.3 is 9.47 Å². The second-order valence-corrected chi connectivity index (χ2v) is 7.74. The second kappa shape index (κ2) is 9.60. The molecular formula is C20H25NO5S. The summed E-state index contributed by atoms with van der Waals surface area (Å²) in [6, 6.07) is 7.29. The molecule has 0 N–H and O–H groups in total. The monoisotopic (exact) mass is 391 g/mol. The lowest BCUT2D eigenvalue weighted by atomic mass is 10.2. The summed E-state index contributed by atoms with van der Waals surface area (Å²) in [5, 5.41) is -0.468. The minimum Gasteiger partial charge on any atom is -0.491 e. The highest BCUT2D eigenvalue weighted by molar-refractivity contribution is 8.18. The van der Waals surface area contributed by atoms with Gasteiger partial charge in [0, 0.05) is 0 Å². The Bertz CT molecular complexity index is 726. The third-order valence-corrected chi connectivity index (χ3v) is 4.74. The molecule has 1 saturated heterocycles. The van der Waals surface area contributed by atoms with E-state index >= 15 is 0 Å². The molecule has 0 bridgehead atoms. The molecule has 0 aromatic heterocycles. The molecule has 2 amide bonds. The third-order valence-electron chi connectivity index (χ3n) is 3.83. The molecule has 7 heteroatoms. The van der Waals surface area contributed by atoms with Crippen molar-refractivity contribution in [2.24, 2.45) is 5.92 Å². The van der Waals surface area contributed by atoms with Crippen LogP contribution in [0.4, 0.5) is 4.79 Å². The van der Waals surface area contributed by atoms with Gasteiger partial charge in [0.05, 0.1) is 17.6 Å². The number of benzene rings is 1. The lowest BCUT2D eigenvalue weighted by Gasteiger charge is -2.13. The van der Waals surface area contributed by atoms with Crippen LogP contribution in [0.1, 0.15) is 39.7 Å². The van der Waals surface area contributed by atoms with Crippen molar-refractivity contribution < 1.29 is 23.9 Å². The fraction of sp³-hybridized carbons (Fsp3) is 0.450. The number of rotatable bonds is 8. The highest BCUT2D eigenvalue weighted by Crippen LogP contribution is 2.32. The number of thioether (sulfide) groups is 1. The fourth-order valence-corrected chi connectivity index (χ4v) is 3.02. The maximum Gasteiger partial charge on any atom is 0.326 e. The van der Waals surface area contributed by atoms with Gasteiger partial charge in [0.1, 0.15) is 12.3 Å². The molecule has 1 aromatic rings. The zero-order chi connectivity index (χ0) is 20.0. The predicted octanol–water partition coefficient (Wildman–Crippen LogP) is 4.10. The summed E-state index contributed by atoms with van der Waals surface area (Å²) in [6.45, 7) is 7.76.